The monoisotopic (exact) mass is 221 g/mol. The van der Waals surface area contributed by atoms with Crippen molar-refractivity contribution in [3.8, 4) is 0 Å². The first-order valence-electron chi connectivity index (χ1n) is 7.68. The van der Waals surface area contributed by atoms with E-state index in [1.807, 2.05) is 0 Å². The standard InChI is InChI=1S/C15H27N/c1-2-6-13-11-15(10-9-12(13)5-1)16-14-7-3-4-8-14/h12-16H,1-11H2. The summed E-state index contributed by atoms with van der Waals surface area (Å²) in [7, 11) is 0. The SMILES string of the molecule is C1CCC(NC2CCC3CCCCC3C2)C1. The van der Waals surface area contributed by atoms with Crippen LogP contribution >= 0.6 is 0 Å². The summed E-state index contributed by atoms with van der Waals surface area (Å²) in [6.07, 6.45) is 16.4. The van der Waals surface area contributed by atoms with Crippen LogP contribution in [0.4, 0.5) is 0 Å². The van der Waals surface area contributed by atoms with E-state index < -0.39 is 0 Å². The molecule has 3 rings (SSSR count). The van der Waals surface area contributed by atoms with Crippen LogP contribution in [0.3, 0.4) is 0 Å². The molecule has 3 unspecified atom stereocenters. The fourth-order valence-electron chi connectivity index (χ4n) is 4.45. The van der Waals surface area contributed by atoms with E-state index >= 15 is 0 Å². The van der Waals surface area contributed by atoms with Gasteiger partial charge >= 0.3 is 0 Å². The minimum atomic E-state index is 0.877. The van der Waals surface area contributed by atoms with E-state index in [0.29, 0.717) is 0 Å². The molecule has 0 heterocycles. The lowest BCUT2D eigenvalue weighted by Gasteiger charge is -2.40. The molecule has 3 fully saturated rings. The Morgan fingerprint density at radius 3 is 2.06 bits per heavy atom. The highest BCUT2D eigenvalue weighted by Crippen LogP contribution is 2.40. The van der Waals surface area contributed by atoms with Gasteiger partial charge in [0, 0.05) is 12.1 Å². The highest BCUT2D eigenvalue weighted by atomic mass is 15.0. The van der Waals surface area contributed by atoms with E-state index in [1.165, 1.54) is 64.2 Å². The lowest BCUT2D eigenvalue weighted by atomic mass is 9.69. The van der Waals surface area contributed by atoms with Crippen molar-refractivity contribution in [3.05, 3.63) is 0 Å². The van der Waals surface area contributed by atoms with Crippen LogP contribution in [0.2, 0.25) is 0 Å². The molecule has 0 spiro atoms. The summed E-state index contributed by atoms with van der Waals surface area (Å²) < 4.78 is 0. The number of hydrogen-bond donors (Lipinski definition) is 1. The topological polar surface area (TPSA) is 12.0 Å². The first-order valence-corrected chi connectivity index (χ1v) is 7.68. The summed E-state index contributed by atoms with van der Waals surface area (Å²) in [6.45, 7) is 0. The predicted octanol–water partition coefficient (Wildman–Crippen LogP) is 3.88. The number of nitrogens with one attached hydrogen (secondary N) is 1. The lowest BCUT2D eigenvalue weighted by molar-refractivity contribution is 0.138. The van der Waals surface area contributed by atoms with Crippen LogP contribution in [0.15, 0.2) is 0 Å². The van der Waals surface area contributed by atoms with Gasteiger partial charge in [-0.15, -0.1) is 0 Å². The molecule has 1 nitrogen and oxygen atoms in total. The molecule has 0 aromatic carbocycles. The largest absolute Gasteiger partial charge is 0.311 e. The van der Waals surface area contributed by atoms with E-state index in [0.717, 1.165) is 23.9 Å². The smallest absolute Gasteiger partial charge is 0.00724 e. The normalized spacial score (nSPS) is 40.9. The number of fused-ring (bicyclic) bond motifs is 1. The van der Waals surface area contributed by atoms with E-state index in [-0.39, 0.29) is 0 Å². The molecule has 0 radical (unpaired) electrons. The number of hydrogen-bond acceptors (Lipinski definition) is 1. The summed E-state index contributed by atoms with van der Waals surface area (Å²) in [5.74, 6) is 2.19. The van der Waals surface area contributed by atoms with Crippen LogP contribution in [-0.4, -0.2) is 12.1 Å². The second-order valence-electron chi connectivity index (χ2n) is 6.46. The fraction of sp³-hybridized carbons (Fsp3) is 1.00. The van der Waals surface area contributed by atoms with Gasteiger partial charge in [0.1, 0.15) is 0 Å². The van der Waals surface area contributed by atoms with Crippen LogP contribution in [0, 0.1) is 11.8 Å². The third kappa shape index (κ3) is 2.45. The molecule has 92 valence electrons. The molecule has 3 aliphatic rings. The molecule has 0 aromatic heterocycles. The summed E-state index contributed by atoms with van der Waals surface area (Å²) in [4.78, 5) is 0. The van der Waals surface area contributed by atoms with E-state index in [9.17, 15) is 0 Å². The maximum absolute atomic E-state index is 3.95. The second-order valence-corrected chi connectivity index (χ2v) is 6.46. The summed E-state index contributed by atoms with van der Waals surface area (Å²) in [5, 5.41) is 3.95. The zero-order valence-corrected chi connectivity index (χ0v) is 10.6. The van der Waals surface area contributed by atoms with Crippen molar-refractivity contribution in [1.29, 1.82) is 0 Å². The molecular formula is C15H27N. The van der Waals surface area contributed by atoms with Gasteiger partial charge in [-0.1, -0.05) is 38.5 Å². The summed E-state index contributed by atoms with van der Waals surface area (Å²) >= 11 is 0. The van der Waals surface area contributed by atoms with Gasteiger partial charge in [0.15, 0.2) is 0 Å². The maximum atomic E-state index is 3.95. The average Bonchev–Trinajstić information content (AvgIpc) is 2.82. The van der Waals surface area contributed by atoms with Crippen LogP contribution in [0.1, 0.15) is 70.6 Å². The van der Waals surface area contributed by atoms with Crippen molar-refractivity contribution < 1.29 is 0 Å². The molecule has 0 bridgehead atoms. The predicted molar refractivity (Wildman–Crippen MR) is 68.5 cm³/mol. The fourth-order valence-corrected chi connectivity index (χ4v) is 4.45. The van der Waals surface area contributed by atoms with Crippen molar-refractivity contribution in [1.82, 2.24) is 5.32 Å². The zero-order valence-electron chi connectivity index (χ0n) is 10.6. The average molecular weight is 221 g/mol. The van der Waals surface area contributed by atoms with Gasteiger partial charge in [-0.05, 0) is 43.9 Å². The molecule has 1 N–H and O–H groups in total. The molecule has 0 aromatic rings. The molecule has 3 atom stereocenters. The molecule has 0 saturated heterocycles. The van der Waals surface area contributed by atoms with Gasteiger partial charge < -0.3 is 5.32 Å². The summed E-state index contributed by atoms with van der Waals surface area (Å²) in [6, 6.07) is 1.76. The molecule has 16 heavy (non-hydrogen) atoms. The quantitative estimate of drug-likeness (QED) is 0.746. The van der Waals surface area contributed by atoms with Crippen molar-refractivity contribution in [2.75, 3.05) is 0 Å². The first-order chi connectivity index (χ1) is 7.92. The van der Waals surface area contributed by atoms with Gasteiger partial charge in [-0.25, -0.2) is 0 Å². The van der Waals surface area contributed by atoms with Crippen LogP contribution in [0.25, 0.3) is 0 Å². The van der Waals surface area contributed by atoms with Gasteiger partial charge in [0.05, 0.1) is 0 Å². The Kier molecular flexibility index (Phi) is 3.51. The van der Waals surface area contributed by atoms with Crippen LogP contribution in [0.5, 0.6) is 0 Å². The third-order valence-corrected chi connectivity index (χ3v) is 5.37. The molecule has 0 amide bonds. The molecular weight excluding hydrogens is 194 g/mol. The van der Waals surface area contributed by atoms with E-state index in [4.69, 9.17) is 0 Å². The zero-order chi connectivity index (χ0) is 10.8. The first kappa shape index (κ1) is 11.1. The van der Waals surface area contributed by atoms with Gasteiger partial charge in [0.2, 0.25) is 0 Å². The van der Waals surface area contributed by atoms with Crippen molar-refractivity contribution >= 4 is 0 Å². The lowest BCUT2D eigenvalue weighted by Crippen LogP contribution is -2.42. The van der Waals surface area contributed by atoms with Crippen molar-refractivity contribution in [2.45, 2.75) is 82.7 Å². The molecule has 1 heteroatoms. The van der Waals surface area contributed by atoms with Crippen LogP contribution in [-0.2, 0) is 0 Å². The Hall–Kier alpha value is -0.0400. The van der Waals surface area contributed by atoms with Gasteiger partial charge in [-0.3, -0.25) is 0 Å². The summed E-state index contributed by atoms with van der Waals surface area (Å²) in [5.41, 5.74) is 0. The van der Waals surface area contributed by atoms with Gasteiger partial charge in [-0.2, -0.15) is 0 Å². The minimum absolute atomic E-state index is 0.877. The Morgan fingerprint density at radius 1 is 0.562 bits per heavy atom. The van der Waals surface area contributed by atoms with Gasteiger partial charge in [0.25, 0.3) is 0 Å². The Labute approximate surface area is 100 Å². The van der Waals surface area contributed by atoms with Crippen LogP contribution < -0.4 is 5.32 Å². The third-order valence-electron chi connectivity index (χ3n) is 5.37. The van der Waals surface area contributed by atoms with Crippen molar-refractivity contribution in [3.63, 3.8) is 0 Å². The second kappa shape index (κ2) is 5.08. The molecule has 3 aliphatic carbocycles. The Bertz CT molecular complexity index is 219. The van der Waals surface area contributed by atoms with E-state index in [2.05, 4.69) is 5.32 Å². The Morgan fingerprint density at radius 2 is 1.25 bits per heavy atom. The molecule has 0 aliphatic heterocycles. The minimum Gasteiger partial charge on any atom is -0.311 e. The van der Waals surface area contributed by atoms with Crippen molar-refractivity contribution in [2.24, 2.45) is 11.8 Å². The molecule has 3 saturated carbocycles. The number of rotatable bonds is 2. The van der Waals surface area contributed by atoms with E-state index in [1.54, 1.807) is 6.42 Å². The highest BCUT2D eigenvalue weighted by Gasteiger charge is 2.32. The Balaban J connectivity index is 1.50. The highest BCUT2D eigenvalue weighted by molar-refractivity contribution is 4.88. The maximum Gasteiger partial charge on any atom is 0.00724 e.